The standard InChI is InChI=1S/C15H18BrN3/c1-10-8-13(11-4-6-12(16)7-5-11)19-14(18-10)9-15(2,3)17/h4-8H,9,17H2,1-3H3. The highest BCUT2D eigenvalue weighted by Gasteiger charge is 2.15. The molecular formula is C15H18BrN3. The normalized spacial score (nSPS) is 11.6. The van der Waals surface area contributed by atoms with E-state index in [0.717, 1.165) is 27.2 Å². The molecular weight excluding hydrogens is 302 g/mol. The number of rotatable bonds is 3. The van der Waals surface area contributed by atoms with E-state index in [-0.39, 0.29) is 5.54 Å². The van der Waals surface area contributed by atoms with Crippen LogP contribution in [0, 0.1) is 6.92 Å². The minimum Gasteiger partial charge on any atom is -0.325 e. The van der Waals surface area contributed by atoms with Gasteiger partial charge in [-0.1, -0.05) is 28.1 Å². The minimum atomic E-state index is -0.301. The molecule has 2 rings (SSSR count). The molecule has 0 spiro atoms. The fraction of sp³-hybridized carbons (Fsp3) is 0.333. The van der Waals surface area contributed by atoms with Crippen molar-refractivity contribution >= 4 is 15.9 Å². The van der Waals surface area contributed by atoms with E-state index in [1.54, 1.807) is 0 Å². The maximum Gasteiger partial charge on any atom is 0.131 e. The molecule has 0 saturated heterocycles. The Morgan fingerprint density at radius 1 is 1.16 bits per heavy atom. The van der Waals surface area contributed by atoms with Crippen LogP contribution in [0.25, 0.3) is 11.3 Å². The number of hydrogen-bond donors (Lipinski definition) is 1. The number of aromatic nitrogens is 2. The van der Waals surface area contributed by atoms with Gasteiger partial charge in [0.2, 0.25) is 0 Å². The molecule has 0 aliphatic rings. The van der Waals surface area contributed by atoms with Crippen LogP contribution in [0.3, 0.4) is 0 Å². The van der Waals surface area contributed by atoms with Gasteiger partial charge in [0.1, 0.15) is 5.82 Å². The molecule has 0 amide bonds. The summed E-state index contributed by atoms with van der Waals surface area (Å²) < 4.78 is 1.06. The largest absolute Gasteiger partial charge is 0.325 e. The first-order valence-corrected chi connectivity index (χ1v) is 7.02. The molecule has 2 aromatic rings. The summed E-state index contributed by atoms with van der Waals surface area (Å²) in [6.07, 6.45) is 0.665. The molecule has 1 aromatic heterocycles. The molecule has 4 heteroatoms. The van der Waals surface area contributed by atoms with Crippen molar-refractivity contribution in [3.05, 3.63) is 46.3 Å². The number of halogens is 1. The predicted molar refractivity (Wildman–Crippen MR) is 81.9 cm³/mol. The minimum absolute atomic E-state index is 0.301. The van der Waals surface area contributed by atoms with E-state index in [1.807, 2.05) is 51.1 Å². The molecule has 0 unspecified atom stereocenters. The van der Waals surface area contributed by atoms with E-state index in [9.17, 15) is 0 Å². The second kappa shape index (κ2) is 5.39. The van der Waals surface area contributed by atoms with Crippen LogP contribution < -0.4 is 5.73 Å². The summed E-state index contributed by atoms with van der Waals surface area (Å²) in [4.78, 5) is 9.07. The van der Waals surface area contributed by atoms with Gasteiger partial charge in [-0.25, -0.2) is 9.97 Å². The lowest BCUT2D eigenvalue weighted by Crippen LogP contribution is -2.35. The summed E-state index contributed by atoms with van der Waals surface area (Å²) in [5.41, 5.74) is 8.74. The Morgan fingerprint density at radius 3 is 2.37 bits per heavy atom. The van der Waals surface area contributed by atoms with Gasteiger partial charge in [0.25, 0.3) is 0 Å². The third-order valence-electron chi connectivity index (χ3n) is 2.65. The first-order chi connectivity index (χ1) is 8.83. The summed E-state index contributed by atoms with van der Waals surface area (Å²) in [6, 6.07) is 10.1. The molecule has 1 aromatic carbocycles. The number of aryl methyl sites for hydroxylation is 1. The Bertz CT molecular complexity index is 571. The number of nitrogens with zero attached hydrogens (tertiary/aromatic N) is 2. The van der Waals surface area contributed by atoms with Crippen molar-refractivity contribution in [2.75, 3.05) is 0 Å². The Balaban J connectivity index is 2.39. The summed E-state index contributed by atoms with van der Waals surface area (Å²) in [5.74, 6) is 0.797. The first-order valence-electron chi connectivity index (χ1n) is 6.23. The van der Waals surface area contributed by atoms with Gasteiger partial charge in [0, 0.05) is 27.7 Å². The van der Waals surface area contributed by atoms with Gasteiger partial charge < -0.3 is 5.73 Å². The summed E-state index contributed by atoms with van der Waals surface area (Å²) in [7, 11) is 0. The lowest BCUT2D eigenvalue weighted by Gasteiger charge is -2.17. The van der Waals surface area contributed by atoms with Crippen LogP contribution in [0.15, 0.2) is 34.8 Å². The molecule has 100 valence electrons. The Labute approximate surface area is 122 Å². The van der Waals surface area contributed by atoms with Crippen molar-refractivity contribution in [2.45, 2.75) is 32.7 Å². The highest BCUT2D eigenvalue weighted by Crippen LogP contribution is 2.21. The molecule has 2 N–H and O–H groups in total. The van der Waals surface area contributed by atoms with Crippen LogP contribution >= 0.6 is 15.9 Å². The average molecular weight is 320 g/mol. The third kappa shape index (κ3) is 4.11. The van der Waals surface area contributed by atoms with E-state index < -0.39 is 0 Å². The average Bonchev–Trinajstić information content (AvgIpc) is 2.26. The molecule has 0 aliphatic heterocycles. The monoisotopic (exact) mass is 319 g/mol. The van der Waals surface area contributed by atoms with Crippen molar-refractivity contribution in [2.24, 2.45) is 5.73 Å². The van der Waals surface area contributed by atoms with Crippen molar-refractivity contribution in [3.8, 4) is 11.3 Å². The Morgan fingerprint density at radius 2 is 1.79 bits per heavy atom. The van der Waals surface area contributed by atoms with Crippen LogP contribution in [0.5, 0.6) is 0 Å². The Kier molecular flexibility index (Phi) is 4.02. The van der Waals surface area contributed by atoms with Gasteiger partial charge in [-0.05, 0) is 39.0 Å². The van der Waals surface area contributed by atoms with Crippen molar-refractivity contribution in [1.29, 1.82) is 0 Å². The zero-order valence-electron chi connectivity index (χ0n) is 11.4. The second-order valence-electron chi connectivity index (χ2n) is 5.48. The number of hydrogen-bond acceptors (Lipinski definition) is 3. The first kappa shape index (κ1) is 14.2. The highest BCUT2D eigenvalue weighted by molar-refractivity contribution is 9.10. The van der Waals surface area contributed by atoms with E-state index in [0.29, 0.717) is 6.42 Å². The van der Waals surface area contributed by atoms with Gasteiger partial charge >= 0.3 is 0 Å². The lowest BCUT2D eigenvalue weighted by molar-refractivity contribution is 0.502. The van der Waals surface area contributed by atoms with Gasteiger partial charge in [-0.2, -0.15) is 0 Å². The van der Waals surface area contributed by atoms with Crippen LogP contribution in [0.2, 0.25) is 0 Å². The topological polar surface area (TPSA) is 51.8 Å². The van der Waals surface area contributed by atoms with E-state index in [1.165, 1.54) is 0 Å². The predicted octanol–water partition coefficient (Wildman–Crippen LogP) is 3.49. The molecule has 0 atom stereocenters. The van der Waals surface area contributed by atoms with Crippen LogP contribution in [0.4, 0.5) is 0 Å². The highest BCUT2D eigenvalue weighted by atomic mass is 79.9. The van der Waals surface area contributed by atoms with E-state index >= 15 is 0 Å². The zero-order chi connectivity index (χ0) is 14.0. The van der Waals surface area contributed by atoms with Crippen molar-refractivity contribution in [1.82, 2.24) is 9.97 Å². The van der Waals surface area contributed by atoms with E-state index in [4.69, 9.17) is 5.73 Å². The van der Waals surface area contributed by atoms with Gasteiger partial charge in [-0.15, -0.1) is 0 Å². The van der Waals surface area contributed by atoms with Crippen LogP contribution in [-0.2, 0) is 6.42 Å². The molecule has 0 bridgehead atoms. The third-order valence-corrected chi connectivity index (χ3v) is 3.18. The molecule has 1 heterocycles. The fourth-order valence-corrected chi connectivity index (χ4v) is 2.15. The zero-order valence-corrected chi connectivity index (χ0v) is 13.0. The second-order valence-corrected chi connectivity index (χ2v) is 6.40. The lowest BCUT2D eigenvalue weighted by atomic mass is 10.0. The SMILES string of the molecule is Cc1cc(-c2ccc(Br)cc2)nc(CC(C)(C)N)n1. The molecule has 0 fully saturated rings. The molecule has 0 radical (unpaired) electrons. The van der Waals surface area contributed by atoms with E-state index in [2.05, 4.69) is 25.9 Å². The van der Waals surface area contributed by atoms with Crippen LogP contribution in [-0.4, -0.2) is 15.5 Å². The van der Waals surface area contributed by atoms with Gasteiger partial charge in [-0.3, -0.25) is 0 Å². The molecule has 19 heavy (non-hydrogen) atoms. The maximum atomic E-state index is 6.04. The van der Waals surface area contributed by atoms with Crippen molar-refractivity contribution < 1.29 is 0 Å². The molecule has 0 aliphatic carbocycles. The maximum absolute atomic E-state index is 6.04. The quantitative estimate of drug-likeness (QED) is 0.942. The molecule has 3 nitrogen and oxygen atoms in total. The molecule has 0 saturated carbocycles. The van der Waals surface area contributed by atoms with Crippen molar-refractivity contribution in [3.63, 3.8) is 0 Å². The smallest absolute Gasteiger partial charge is 0.131 e. The number of nitrogens with two attached hydrogens (primary N) is 1. The Hall–Kier alpha value is -1.26. The summed E-state index contributed by atoms with van der Waals surface area (Å²) >= 11 is 3.44. The van der Waals surface area contributed by atoms with Gasteiger partial charge in [0.15, 0.2) is 0 Å². The summed E-state index contributed by atoms with van der Waals surface area (Å²) in [6.45, 7) is 5.95. The fourth-order valence-electron chi connectivity index (χ4n) is 1.89. The van der Waals surface area contributed by atoms with Crippen LogP contribution in [0.1, 0.15) is 25.4 Å². The summed E-state index contributed by atoms with van der Waals surface area (Å²) in [5, 5.41) is 0. The number of benzene rings is 1. The van der Waals surface area contributed by atoms with Gasteiger partial charge in [0.05, 0.1) is 5.69 Å².